The fourth-order valence-corrected chi connectivity index (χ4v) is 2.73. The number of nitrogens with two attached hydrogens (primary N) is 1. The summed E-state index contributed by atoms with van der Waals surface area (Å²) in [6.45, 7) is 12.3. The lowest BCUT2D eigenvalue weighted by molar-refractivity contribution is 0.0206. The molecule has 0 spiro atoms. The summed E-state index contributed by atoms with van der Waals surface area (Å²) < 4.78 is 0. The van der Waals surface area contributed by atoms with E-state index in [1.807, 2.05) is 0 Å². The monoisotopic (exact) mass is 227 g/mol. The topological polar surface area (TPSA) is 32.5 Å². The summed E-state index contributed by atoms with van der Waals surface area (Å²) in [5, 5.41) is 0. The Morgan fingerprint density at radius 1 is 1.25 bits per heavy atom. The third-order valence-electron chi connectivity index (χ3n) is 4.40. The molecule has 1 saturated heterocycles. The van der Waals surface area contributed by atoms with Crippen LogP contribution in [0.15, 0.2) is 0 Å². The van der Waals surface area contributed by atoms with Crippen molar-refractivity contribution in [1.82, 2.24) is 9.80 Å². The minimum absolute atomic E-state index is 0.559. The van der Waals surface area contributed by atoms with Crippen LogP contribution in [-0.4, -0.2) is 54.6 Å². The zero-order chi connectivity index (χ0) is 12.3. The molecule has 3 heteroatoms. The third kappa shape index (κ3) is 2.96. The van der Waals surface area contributed by atoms with Crippen molar-refractivity contribution in [2.24, 2.45) is 11.7 Å². The summed E-state index contributed by atoms with van der Waals surface area (Å²) in [5.74, 6) is 0.702. The molecule has 0 saturated carbocycles. The van der Waals surface area contributed by atoms with E-state index < -0.39 is 0 Å². The quantitative estimate of drug-likeness (QED) is 0.787. The van der Waals surface area contributed by atoms with Crippen molar-refractivity contribution in [2.45, 2.75) is 52.2 Å². The molecule has 1 aliphatic heterocycles. The van der Waals surface area contributed by atoms with E-state index in [2.05, 4.69) is 44.5 Å². The molecule has 1 rings (SSSR count). The van der Waals surface area contributed by atoms with Gasteiger partial charge < -0.3 is 5.73 Å². The van der Waals surface area contributed by atoms with Crippen LogP contribution in [0.25, 0.3) is 0 Å². The molecule has 16 heavy (non-hydrogen) atoms. The highest BCUT2D eigenvalue weighted by Gasteiger charge is 2.31. The molecule has 0 bridgehead atoms. The van der Waals surface area contributed by atoms with Gasteiger partial charge in [0.25, 0.3) is 0 Å². The first-order chi connectivity index (χ1) is 7.51. The zero-order valence-corrected chi connectivity index (χ0v) is 11.6. The smallest absolute Gasteiger partial charge is 0.0245 e. The van der Waals surface area contributed by atoms with Gasteiger partial charge in [0.1, 0.15) is 0 Å². The van der Waals surface area contributed by atoms with E-state index in [9.17, 15) is 0 Å². The molecule has 0 aromatic rings. The fourth-order valence-electron chi connectivity index (χ4n) is 2.73. The van der Waals surface area contributed by atoms with Crippen molar-refractivity contribution in [3.8, 4) is 0 Å². The highest BCUT2D eigenvalue weighted by Crippen LogP contribution is 2.20. The van der Waals surface area contributed by atoms with Gasteiger partial charge in [0, 0.05) is 37.8 Å². The minimum Gasteiger partial charge on any atom is -0.329 e. The SMILES string of the molecule is CCC(C)C(CN)N1CC(C)N(C)C(C)C1. The number of nitrogens with zero attached hydrogens (tertiary/aromatic N) is 2. The fraction of sp³-hybridized carbons (Fsp3) is 1.00. The van der Waals surface area contributed by atoms with Crippen molar-refractivity contribution in [2.75, 3.05) is 26.7 Å². The standard InChI is InChI=1S/C13H29N3/c1-6-10(2)13(7-14)16-8-11(3)15(5)12(4)9-16/h10-13H,6-9,14H2,1-5H3. The Hall–Kier alpha value is -0.120. The van der Waals surface area contributed by atoms with Crippen LogP contribution >= 0.6 is 0 Å². The van der Waals surface area contributed by atoms with Gasteiger partial charge in [0.05, 0.1) is 0 Å². The molecule has 1 fully saturated rings. The largest absolute Gasteiger partial charge is 0.329 e. The maximum absolute atomic E-state index is 5.95. The van der Waals surface area contributed by atoms with Gasteiger partial charge in [-0.25, -0.2) is 0 Å². The van der Waals surface area contributed by atoms with Gasteiger partial charge in [-0.05, 0) is 26.8 Å². The predicted molar refractivity (Wildman–Crippen MR) is 70.6 cm³/mol. The molecule has 0 aromatic carbocycles. The van der Waals surface area contributed by atoms with Crippen LogP contribution < -0.4 is 5.73 Å². The maximum atomic E-state index is 5.95. The third-order valence-corrected chi connectivity index (χ3v) is 4.40. The Morgan fingerprint density at radius 2 is 1.75 bits per heavy atom. The zero-order valence-electron chi connectivity index (χ0n) is 11.6. The highest BCUT2D eigenvalue weighted by atomic mass is 15.3. The van der Waals surface area contributed by atoms with Gasteiger partial charge in [0.15, 0.2) is 0 Å². The molecule has 3 nitrogen and oxygen atoms in total. The van der Waals surface area contributed by atoms with Crippen molar-refractivity contribution in [3.05, 3.63) is 0 Å². The van der Waals surface area contributed by atoms with Crippen LogP contribution in [0.4, 0.5) is 0 Å². The molecule has 2 N–H and O–H groups in total. The number of rotatable bonds is 4. The molecule has 0 radical (unpaired) electrons. The first-order valence-corrected chi connectivity index (χ1v) is 6.67. The van der Waals surface area contributed by atoms with Gasteiger partial charge in [-0.1, -0.05) is 20.3 Å². The average molecular weight is 227 g/mol. The van der Waals surface area contributed by atoms with E-state index in [-0.39, 0.29) is 0 Å². The molecule has 4 unspecified atom stereocenters. The molecule has 1 heterocycles. The molecule has 0 aliphatic carbocycles. The average Bonchev–Trinajstić information content (AvgIpc) is 2.26. The van der Waals surface area contributed by atoms with Crippen LogP contribution in [0.2, 0.25) is 0 Å². The van der Waals surface area contributed by atoms with Crippen molar-refractivity contribution in [3.63, 3.8) is 0 Å². The van der Waals surface area contributed by atoms with E-state index in [0.717, 1.165) is 19.6 Å². The van der Waals surface area contributed by atoms with E-state index in [0.29, 0.717) is 24.0 Å². The number of hydrogen-bond donors (Lipinski definition) is 1. The summed E-state index contributed by atoms with van der Waals surface area (Å²) >= 11 is 0. The Labute approximate surface area is 101 Å². The van der Waals surface area contributed by atoms with Gasteiger partial charge in [0.2, 0.25) is 0 Å². The van der Waals surface area contributed by atoms with Crippen LogP contribution in [0.1, 0.15) is 34.1 Å². The molecular formula is C13H29N3. The van der Waals surface area contributed by atoms with Crippen LogP contribution in [-0.2, 0) is 0 Å². The molecule has 0 aromatic heterocycles. The normalized spacial score (nSPS) is 32.6. The van der Waals surface area contributed by atoms with E-state index in [1.54, 1.807) is 0 Å². The first kappa shape index (κ1) is 13.9. The molecule has 1 aliphatic rings. The number of hydrogen-bond acceptors (Lipinski definition) is 3. The second kappa shape index (κ2) is 5.99. The Bertz CT molecular complexity index is 195. The second-order valence-corrected chi connectivity index (χ2v) is 5.51. The Kier molecular flexibility index (Phi) is 5.22. The van der Waals surface area contributed by atoms with Crippen LogP contribution in [0, 0.1) is 5.92 Å². The van der Waals surface area contributed by atoms with Gasteiger partial charge in [-0.15, -0.1) is 0 Å². The number of likely N-dealkylation sites (N-methyl/N-ethyl adjacent to an activating group) is 1. The van der Waals surface area contributed by atoms with Crippen molar-refractivity contribution < 1.29 is 0 Å². The first-order valence-electron chi connectivity index (χ1n) is 6.67. The molecule has 96 valence electrons. The summed E-state index contributed by atoms with van der Waals surface area (Å²) in [4.78, 5) is 5.07. The van der Waals surface area contributed by atoms with E-state index in [4.69, 9.17) is 5.73 Å². The Balaban J connectivity index is 2.65. The summed E-state index contributed by atoms with van der Waals surface area (Å²) in [6, 6.07) is 1.84. The van der Waals surface area contributed by atoms with Gasteiger partial charge in [-0.2, -0.15) is 0 Å². The summed E-state index contributed by atoms with van der Waals surface area (Å²) in [7, 11) is 2.23. The van der Waals surface area contributed by atoms with E-state index in [1.165, 1.54) is 6.42 Å². The van der Waals surface area contributed by atoms with Crippen molar-refractivity contribution in [1.29, 1.82) is 0 Å². The van der Waals surface area contributed by atoms with Crippen LogP contribution in [0.5, 0.6) is 0 Å². The lowest BCUT2D eigenvalue weighted by atomic mass is 9.95. The van der Waals surface area contributed by atoms with Gasteiger partial charge in [-0.3, -0.25) is 9.80 Å². The summed E-state index contributed by atoms with van der Waals surface area (Å²) in [5.41, 5.74) is 5.95. The maximum Gasteiger partial charge on any atom is 0.0245 e. The van der Waals surface area contributed by atoms with Crippen LogP contribution in [0.3, 0.4) is 0 Å². The van der Waals surface area contributed by atoms with E-state index >= 15 is 0 Å². The molecule has 4 atom stereocenters. The second-order valence-electron chi connectivity index (χ2n) is 5.51. The highest BCUT2D eigenvalue weighted by molar-refractivity contribution is 4.88. The molecule has 0 amide bonds. The predicted octanol–water partition coefficient (Wildman–Crippen LogP) is 1.38. The Morgan fingerprint density at radius 3 is 2.12 bits per heavy atom. The summed E-state index contributed by atoms with van der Waals surface area (Å²) in [6.07, 6.45) is 1.22. The lowest BCUT2D eigenvalue weighted by Gasteiger charge is -2.46. The lowest BCUT2D eigenvalue weighted by Crippen LogP contribution is -2.60. The minimum atomic E-state index is 0.559. The molecular weight excluding hydrogens is 198 g/mol. The van der Waals surface area contributed by atoms with Gasteiger partial charge >= 0.3 is 0 Å². The van der Waals surface area contributed by atoms with Crippen molar-refractivity contribution >= 4 is 0 Å². The number of piperazine rings is 1.